The molecule has 0 fully saturated rings. The van der Waals surface area contributed by atoms with Gasteiger partial charge in [-0.15, -0.1) is 0 Å². The summed E-state index contributed by atoms with van der Waals surface area (Å²) in [7, 11) is -7.47. The first-order valence-corrected chi connectivity index (χ1v) is 9.16. The molecule has 0 amide bonds. The van der Waals surface area contributed by atoms with Gasteiger partial charge in [0.05, 0.1) is 0 Å². The Morgan fingerprint density at radius 2 is 0.806 bits per heavy atom. The van der Waals surface area contributed by atoms with Crippen LogP contribution in [0.1, 0.15) is 0 Å². The zero-order valence-corrected chi connectivity index (χ0v) is 19.1. The molecule has 0 radical (unpaired) electrons. The topological polar surface area (TPSA) is 57.2 Å². The smallest absolute Gasteiger partial charge is 0.746 e. The van der Waals surface area contributed by atoms with Crippen molar-refractivity contribution in [3.63, 3.8) is 0 Å². The number of rotatable bonds is 12. The average Bonchev–Trinajstić information content (AvgIpc) is 2.68. The van der Waals surface area contributed by atoms with E-state index in [0.29, 0.717) is 0 Å². The second-order valence-electron chi connectivity index (χ2n) is 6.42. The summed E-state index contributed by atoms with van der Waals surface area (Å²) in [5.41, 5.74) is -6.10. The van der Waals surface area contributed by atoms with E-state index in [4.69, 9.17) is 0 Å². The van der Waals surface area contributed by atoms with E-state index in [2.05, 4.69) is 0 Å². The van der Waals surface area contributed by atoms with Gasteiger partial charge in [0.15, 0.2) is 18.5 Å². The fraction of sp³-hybridized carbons (Fsp3) is 1.00. The molecule has 0 aliphatic carbocycles. The normalized spacial score (nSPS) is 19.4. The first kappa shape index (κ1) is 37.7. The van der Waals surface area contributed by atoms with Crippen molar-refractivity contribution in [1.82, 2.24) is 0 Å². The van der Waals surface area contributed by atoms with E-state index in [9.17, 15) is 96.4 Å². The van der Waals surface area contributed by atoms with Crippen LogP contribution in [0, 0.1) is 0 Å². The first-order valence-electron chi connectivity index (χ1n) is 7.69. The molecule has 0 rings (SSSR count). The molecule has 5 atom stereocenters. The molecule has 5 unspecified atom stereocenters. The van der Waals surface area contributed by atoms with Gasteiger partial charge in [0.2, 0.25) is 6.17 Å². The van der Waals surface area contributed by atoms with E-state index in [1.54, 1.807) is 0 Å². The molecule has 0 aromatic carbocycles. The number of hydrogen-bond acceptors (Lipinski definition) is 3. The summed E-state index contributed by atoms with van der Waals surface area (Å²) in [6.07, 6.45) is -25.6. The number of alkyl halides is 19. The Hall–Kier alpha value is -0.420. The average molecular weight is 614 g/mol. The molecule has 212 valence electrons. The van der Waals surface area contributed by atoms with Gasteiger partial charge in [-0.1, -0.05) is 0 Å². The van der Waals surface area contributed by atoms with Crippen molar-refractivity contribution < 1.29 is 126 Å². The second kappa shape index (κ2) is 11.0. The Balaban J connectivity index is 0. The Kier molecular flexibility index (Phi) is 11.5. The Bertz CT molecular complexity index is 849. The zero-order valence-electron chi connectivity index (χ0n) is 16.3. The summed E-state index contributed by atoms with van der Waals surface area (Å²) < 4.78 is 279. The molecule has 36 heavy (non-hydrogen) atoms. The minimum Gasteiger partial charge on any atom is -0.746 e. The minimum absolute atomic E-state index is 0. The van der Waals surface area contributed by atoms with Gasteiger partial charge in [0.25, 0.3) is 11.9 Å². The van der Waals surface area contributed by atoms with E-state index in [-0.39, 0.29) is 29.6 Å². The molecule has 0 N–H and O–H groups in total. The van der Waals surface area contributed by atoms with Crippen LogP contribution in [-0.4, -0.2) is 85.1 Å². The molecule has 0 heterocycles. The van der Waals surface area contributed by atoms with Gasteiger partial charge in [0, 0.05) is 0 Å². The van der Waals surface area contributed by atoms with Gasteiger partial charge in [-0.05, 0) is 0 Å². The summed E-state index contributed by atoms with van der Waals surface area (Å²) in [5.74, 6) is -50.4. The molecule has 0 saturated heterocycles. The van der Waals surface area contributed by atoms with Crippen LogP contribution in [0.5, 0.6) is 0 Å². The van der Waals surface area contributed by atoms with Crippen LogP contribution in [0.4, 0.5) is 83.4 Å². The van der Waals surface area contributed by atoms with Crippen molar-refractivity contribution in [1.29, 1.82) is 0 Å². The fourth-order valence-corrected chi connectivity index (χ4v) is 2.50. The van der Waals surface area contributed by atoms with E-state index in [0.717, 1.165) is 0 Å². The summed E-state index contributed by atoms with van der Waals surface area (Å²) in [4.78, 5) is 0. The third-order valence-corrected chi connectivity index (χ3v) is 4.84. The van der Waals surface area contributed by atoms with Gasteiger partial charge >= 0.3 is 65.1 Å². The van der Waals surface area contributed by atoms with Gasteiger partial charge in [0.1, 0.15) is 10.1 Å². The maximum Gasteiger partial charge on any atom is 1.00 e. The van der Waals surface area contributed by atoms with Crippen molar-refractivity contribution in [3.05, 3.63) is 0 Å². The van der Waals surface area contributed by atoms with Crippen LogP contribution >= 0.6 is 0 Å². The summed E-state index contributed by atoms with van der Waals surface area (Å²) in [5, 5.41) is 0. The molecule has 0 spiro atoms. The Morgan fingerprint density at radius 3 is 1.08 bits per heavy atom. The van der Waals surface area contributed by atoms with Gasteiger partial charge in [-0.25, -0.2) is 39.2 Å². The van der Waals surface area contributed by atoms with Crippen LogP contribution in [0.15, 0.2) is 0 Å². The maximum absolute atomic E-state index is 13.5. The quantitative estimate of drug-likeness (QED) is 0.193. The van der Waals surface area contributed by atoms with Crippen molar-refractivity contribution in [3.8, 4) is 0 Å². The van der Waals surface area contributed by atoms with Gasteiger partial charge < -0.3 is 4.55 Å². The molecule has 0 aromatic rings. The molecule has 0 bridgehead atoms. The van der Waals surface area contributed by atoms with Crippen LogP contribution < -0.4 is 29.6 Å². The largest absolute Gasteiger partial charge is 1.00 e. The minimum atomic E-state index is -8.77. The second-order valence-corrected chi connectivity index (χ2v) is 7.82. The molecular weight excluding hydrogens is 608 g/mol. The molecule has 0 aliphatic heterocycles. The van der Waals surface area contributed by atoms with Crippen LogP contribution in [-0.2, 0) is 10.1 Å². The summed E-state index contributed by atoms with van der Waals surface area (Å²) in [6.45, 7) is 0. The monoisotopic (exact) mass is 614 g/mol. The number of hydrogen-bond donors (Lipinski definition) is 0. The Labute approximate surface area is 208 Å². The van der Waals surface area contributed by atoms with Crippen molar-refractivity contribution in [2.24, 2.45) is 0 Å². The third kappa shape index (κ3) is 5.77. The predicted molar refractivity (Wildman–Crippen MR) is 69.9 cm³/mol. The molecule has 0 aromatic heterocycles. The van der Waals surface area contributed by atoms with Crippen LogP contribution in [0.2, 0.25) is 0 Å². The number of halogens is 19. The molecule has 0 aliphatic rings. The van der Waals surface area contributed by atoms with Gasteiger partial charge in [-0.3, -0.25) is 0 Å². The predicted octanol–water partition coefficient (Wildman–Crippen LogP) is 2.26. The fourth-order valence-electron chi connectivity index (χ4n) is 1.99. The van der Waals surface area contributed by atoms with E-state index >= 15 is 0 Å². The van der Waals surface area contributed by atoms with Crippen LogP contribution in [0.25, 0.3) is 0 Å². The van der Waals surface area contributed by atoms with E-state index < -0.39 is 82.3 Å². The SMILES string of the molecule is O=S(=O)([O-])C(F)C(F)(F)C(F)(F)C(F)(F)C(F)(F)C(F)(F)C(F)(F)C(F)C(F)C(F)C(F)C(F)F.[Na+]. The zero-order chi connectivity index (χ0) is 29.0. The summed E-state index contributed by atoms with van der Waals surface area (Å²) >= 11 is 0. The standard InChI is InChI=1S/C12H7F19O3S.Na/c13-1(3(15)5(17)18)2(14)4(16)7(20,21)9(24,25)11(28,29)12(30,31)10(26,27)8(22,23)6(19)35(32,33)34;/h1-6H,(H,32,33,34);/q;+1/p-1. The maximum atomic E-state index is 13.5. The third-order valence-electron chi connectivity index (χ3n) is 4.03. The van der Waals surface area contributed by atoms with Crippen LogP contribution in [0.3, 0.4) is 0 Å². The van der Waals surface area contributed by atoms with Crippen molar-refractivity contribution >= 4 is 10.1 Å². The summed E-state index contributed by atoms with van der Waals surface area (Å²) in [6, 6.07) is 0. The van der Waals surface area contributed by atoms with Crippen molar-refractivity contribution in [2.75, 3.05) is 0 Å². The first-order chi connectivity index (χ1) is 15.0. The Morgan fingerprint density at radius 1 is 0.500 bits per heavy atom. The van der Waals surface area contributed by atoms with E-state index in [1.165, 1.54) is 0 Å². The molecule has 24 heteroatoms. The van der Waals surface area contributed by atoms with Gasteiger partial charge in [-0.2, -0.15) is 52.7 Å². The molecular formula is C12H6F19NaO3S. The van der Waals surface area contributed by atoms with Crippen molar-refractivity contribution in [2.45, 2.75) is 72.2 Å². The molecule has 0 saturated carbocycles. The van der Waals surface area contributed by atoms with E-state index in [1.807, 2.05) is 0 Å². The molecule has 3 nitrogen and oxygen atoms in total.